The van der Waals surface area contributed by atoms with Crippen LogP contribution in [0.15, 0.2) is 0 Å². The van der Waals surface area contributed by atoms with Gasteiger partial charge in [0, 0.05) is 12.3 Å². The lowest BCUT2D eigenvalue weighted by atomic mass is 9.44. The Bertz CT molecular complexity index is 1560. The molecule has 0 aromatic heterocycles. The molecule has 10 unspecified atom stereocenters. The standard InChI is InChI=1S/C45H76O19/c1-19(18-58-40-37(55)34(52)31(49)27(15-46)60-40)7-12-45(57)20(2)30-26(64-45)14-25-23-6-5-21-13-22(8-10-43(21,3)24(23)9-11-44(25,30)4)59-42-39(36(54)33(51)29(17-48)62-42)63-41-38(56)35(53)32(50)28(16-47)61-41/h19-42,46-57H,5-18H2,1-4H3/t19?,20-,21?,22?,23?,24?,25?,26?,27+,28+,29+,30?,31+,32+,33-,34-,35-,36-,37+,38+,39+,40+,41-,42-,43?,44?,45+/m0/s1. The van der Waals surface area contributed by atoms with Crippen LogP contribution in [0.4, 0.5) is 0 Å². The first-order valence-corrected chi connectivity index (χ1v) is 23.9. The Morgan fingerprint density at radius 1 is 0.625 bits per heavy atom. The van der Waals surface area contributed by atoms with Gasteiger partial charge in [-0.05, 0) is 104 Å². The lowest BCUT2D eigenvalue weighted by Gasteiger charge is -2.61. The summed E-state index contributed by atoms with van der Waals surface area (Å²) in [5.74, 6) is 0.532. The Labute approximate surface area is 374 Å². The molecule has 12 N–H and O–H groups in total. The van der Waals surface area contributed by atoms with Gasteiger partial charge in [0.25, 0.3) is 0 Å². The molecule has 4 heterocycles. The van der Waals surface area contributed by atoms with Crippen molar-refractivity contribution in [2.75, 3.05) is 26.4 Å². The molecule has 4 saturated carbocycles. The first kappa shape index (κ1) is 49.7. The lowest BCUT2D eigenvalue weighted by molar-refractivity contribution is -0.373. The average molecular weight is 921 g/mol. The molecule has 64 heavy (non-hydrogen) atoms. The number of ether oxygens (including phenoxy) is 7. The molecule has 8 fully saturated rings. The highest BCUT2D eigenvalue weighted by Crippen LogP contribution is 2.71. The third-order valence-electron chi connectivity index (χ3n) is 18.0. The maximum absolute atomic E-state index is 12.1. The molecule has 370 valence electrons. The molecule has 19 nitrogen and oxygen atoms in total. The van der Waals surface area contributed by atoms with E-state index < -0.39 is 118 Å². The van der Waals surface area contributed by atoms with Crippen LogP contribution in [0.25, 0.3) is 0 Å². The first-order valence-electron chi connectivity index (χ1n) is 23.9. The number of aliphatic hydroxyl groups is 12. The Hall–Kier alpha value is -0.760. The van der Waals surface area contributed by atoms with E-state index in [4.69, 9.17) is 33.2 Å². The minimum atomic E-state index is -1.75. The monoisotopic (exact) mass is 920 g/mol. The largest absolute Gasteiger partial charge is 0.394 e. The molecule has 0 aromatic rings. The van der Waals surface area contributed by atoms with Crippen molar-refractivity contribution in [2.24, 2.45) is 52.3 Å². The van der Waals surface area contributed by atoms with Crippen molar-refractivity contribution < 1.29 is 94.4 Å². The number of hydrogen-bond donors (Lipinski definition) is 12. The molecule has 27 atom stereocenters. The van der Waals surface area contributed by atoms with E-state index in [1.807, 2.05) is 6.92 Å². The van der Waals surface area contributed by atoms with Crippen LogP contribution in [-0.2, 0) is 33.2 Å². The van der Waals surface area contributed by atoms with Crippen molar-refractivity contribution in [3.05, 3.63) is 0 Å². The summed E-state index contributed by atoms with van der Waals surface area (Å²) in [6.45, 7) is 7.28. The van der Waals surface area contributed by atoms with Crippen LogP contribution in [0.5, 0.6) is 0 Å². The summed E-state index contributed by atoms with van der Waals surface area (Å²) < 4.78 is 42.0. The molecule has 8 rings (SSSR count). The van der Waals surface area contributed by atoms with Crippen molar-refractivity contribution >= 4 is 0 Å². The van der Waals surface area contributed by atoms with E-state index in [9.17, 15) is 61.3 Å². The fraction of sp³-hybridized carbons (Fsp3) is 1.00. The van der Waals surface area contributed by atoms with Gasteiger partial charge in [-0.25, -0.2) is 0 Å². The minimum absolute atomic E-state index is 0.00000712. The zero-order valence-corrected chi connectivity index (χ0v) is 37.5. The Morgan fingerprint density at radius 2 is 1.20 bits per heavy atom. The van der Waals surface area contributed by atoms with E-state index in [-0.39, 0.29) is 47.4 Å². The second-order valence-electron chi connectivity index (χ2n) is 21.5. The van der Waals surface area contributed by atoms with E-state index in [1.54, 1.807) is 0 Å². The van der Waals surface area contributed by atoms with E-state index in [0.29, 0.717) is 42.9 Å². The van der Waals surface area contributed by atoms with Crippen molar-refractivity contribution in [1.82, 2.24) is 0 Å². The van der Waals surface area contributed by atoms with Crippen LogP contribution in [0.3, 0.4) is 0 Å². The van der Waals surface area contributed by atoms with Gasteiger partial charge in [0.05, 0.1) is 38.6 Å². The topological polar surface area (TPSA) is 307 Å². The molecule has 0 spiro atoms. The summed E-state index contributed by atoms with van der Waals surface area (Å²) in [7, 11) is 0. The van der Waals surface area contributed by atoms with Crippen molar-refractivity contribution in [3.8, 4) is 0 Å². The number of aliphatic hydroxyl groups excluding tert-OH is 11. The van der Waals surface area contributed by atoms with Gasteiger partial charge in [-0.1, -0.05) is 27.7 Å². The molecule has 0 radical (unpaired) electrons. The van der Waals surface area contributed by atoms with Crippen LogP contribution in [0.2, 0.25) is 0 Å². The number of fused-ring (bicyclic) bond motifs is 7. The van der Waals surface area contributed by atoms with Gasteiger partial charge in [0.2, 0.25) is 0 Å². The highest BCUT2D eigenvalue weighted by Gasteiger charge is 2.68. The fourth-order valence-electron chi connectivity index (χ4n) is 14.2. The maximum atomic E-state index is 12.1. The Balaban J connectivity index is 0.869. The van der Waals surface area contributed by atoms with Gasteiger partial charge in [0.15, 0.2) is 24.7 Å². The summed E-state index contributed by atoms with van der Waals surface area (Å²) in [5.41, 5.74) is 0.0475. The number of rotatable bonds is 13. The van der Waals surface area contributed by atoms with Gasteiger partial charge in [0.1, 0.15) is 73.2 Å². The van der Waals surface area contributed by atoms with Crippen LogP contribution in [-0.4, -0.2) is 198 Å². The molecule has 19 heteroatoms. The zero-order valence-electron chi connectivity index (χ0n) is 37.5. The summed E-state index contributed by atoms with van der Waals surface area (Å²) in [6.07, 6.45) is -13.7. The van der Waals surface area contributed by atoms with Crippen molar-refractivity contribution in [1.29, 1.82) is 0 Å². The van der Waals surface area contributed by atoms with Gasteiger partial charge >= 0.3 is 0 Å². The molecule has 4 aliphatic heterocycles. The molecule has 0 bridgehead atoms. The molecule has 4 saturated heterocycles. The van der Waals surface area contributed by atoms with E-state index in [1.165, 1.54) is 0 Å². The van der Waals surface area contributed by atoms with E-state index >= 15 is 0 Å². The van der Waals surface area contributed by atoms with Gasteiger partial charge in [-0.2, -0.15) is 0 Å². The predicted octanol–water partition coefficient (Wildman–Crippen LogP) is -1.78. The summed E-state index contributed by atoms with van der Waals surface area (Å²) in [5, 5.41) is 125. The summed E-state index contributed by atoms with van der Waals surface area (Å²) in [4.78, 5) is 0. The van der Waals surface area contributed by atoms with Crippen molar-refractivity contribution in [3.63, 3.8) is 0 Å². The maximum Gasteiger partial charge on any atom is 0.187 e. The predicted molar refractivity (Wildman–Crippen MR) is 219 cm³/mol. The quantitative estimate of drug-likeness (QED) is 0.0909. The third-order valence-corrected chi connectivity index (χ3v) is 18.0. The molecule has 8 aliphatic rings. The zero-order chi connectivity index (χ0) is 46.2. The molecule has 4 aliphatic carbocycles. The van der Waals surface area contributed by atoms with Crippen LogP contribution < -0.4 is 0 Å². The van der Waals surface area contributed by atoms with Crippen LogP contribution >= 0.6 is 0 Å². The molecule has 0 aromatic carbocycles. The smallest absolute Gasteiger partial charge is 0.187 e. The minimum Gasteiger partial charge on any atom is -0.394 e. The Morgan fingerprint density at radius 3 is 1.84 bits per heavy atom. The SMILES string of the molecule is CC(CC[C@@]1(O)OC2CC3C4CCC5CC(O[C@H]6O[C@H](CO)[C@H](O)[C@H](O)[C@H]6O[C@@H]6O[C@H](CO)[C@@H](O)[C@H](O)[C@H]6O)CCC5(C)C4CCC3(C)C2[C@@H]1C)CO[C@@H]1O[C@H](CO)[C@@H](O)[C@H](O)[C@H]1O. The third kappa shape index (κ3) is 8.65. The highest BCUT2D eigenvalue weighted by atomic mass is 16.8. The summed E-state index contributed by atoms with van der Waals surface area (Å²) in [6, 6.07) is 0. The Kier molecular flexibility index (Phi) is 14.9. The van der Waals surface area contributed by atoms with Crippen LogP contribution in [0, 0.1) is 52.3 Å². The number of hydrogen-bond acceptors (Lipinski definition) is 19. The van der Waals surface area contributed by atoms with Gasteiger partial charge < -0.3 is 94.4 Å². The molecular weight excluding hydrogens is 844 g/mol. The average Bonchev–Trinajstić information content (AvgIpc) is 3.71. The van der Waals surface area contributed by atoms with E-state index in [2.05, 4.69) is 20.8 Å². The van der Waals surface area contributed by atoms with E-state index in [0.717, 1.165) is 44.9 Å². The lowest BCUT2D eigenvalue weighted by Crippen LogP contribution is -2.65. The first-order chi connectivity index (χ1) is 30.3. The highest BCUT2D eigenvalue weighted by molar-refractivity contribution is 5.15. The normalized spacial score (nSPS) is 55.6. The second kappa shape index (κ2) is 19.2. The molecule has 0 amide bonds. The second-order valence-corrected chi connectivity index (χ2v) is 21.5. The van der Waals surface area contributed by atoms with Gasteiger partial charge in [-0.15, -0.1) is 0 Å². The summed E-state index contributed by atoms with van der Waals surface area (Å²) >= 11 is 0. The molecular formula is C45H76O19. The fourth-order valence-corrected chi connectivity index (χ4v) is 14.2. The van der Waals surface area contributed by atoms with Crippen molar-refractivity contribution in [2.45, 2.75) is 202 Å². The van der Waals surface area contributed by atoms with Crippen LogP contribution in [0.1, 0.15) is 91.9 Å². The van der Waals surface area contributed by atoms with Gasteiger partial charge in [-0.3, -0.25) is 0 Å².